The van der Waals surface area contributed by atoms with Crippen LogP contribution in [0.5, 0.6) is 0 Å². The highest BCUT2D eigenvalue weighted by molar-refractivity contribution is 7.64. The molecule has 0 rings (SSSR count). The summed E-state index contributed by atoms with van der Waals surface area (Å²) >= 11 is 0. The van der Waals surface area contributed by atoms with E-state index in [9.17, 15) is 4.57 Å². The molecule has 0 amide bonds. The van der Waals surface area contributed by atoms with Crippen molar-refractivity contribution in [3.63, 3.8) is 0 Å². The zero-order chi connectivity index (χ0) is 18.9. The van der Waals surface area contributed by atoms with Gasteiger partial charge in [0.2, 0.25) is 0 Å². The largest absolute Gasteiger partial charge is 0.323 e. The fourth-order valence-electron chi connectivity index (χ4n) is 2.94. The molecule has 23 heavy (non-hydrogen) atoms. The van der Waals surface area contributed by atoms with Crippen LogP contribution in [0.4, 0.5) is 0 Å². The van der Waals surface area contributed by atoms with Crippen LogP contribution in [-0.4, -0.2) is 18.5 Å². The molecule has 0 radical (unpaired) electrons. The van der Waals surface area contributed by atoms with Gasteiger partial charge in [0.25, 0.3) is 0 Å². The summed E-state index contributed by atoms with van der Waals surface area (Å²) in [6.07, 6.45) is 2.64. The first-order chi connectivity index (χ1) is 9.95. The topological polar surface area (TPSA) is 17.1 Å². The van der Waals surface area contributed by atoms with Gasteiger partial charge in [0.05, 0.1) is 7.14 Å². The van der Waals surface area contributed by atoms with Gasteiger partial charge in [0, 0.05) is 18.5 Å². The minimum atomic E-state index is -2.25. The van der Waals surface area contributed by atoms with Gasteiger partial charge in [0.15, 0.2) is 0 Å². The summed E-state index contributed by atoms with van der Waals surface area (Å²) in [4.78, 5) is 0. The summed E-state index contributed by atoms with van der Waals surface area (Å²) in [5.74, 6) is 1.67. The number of hydrogen-bond acceptors (Lipinski definition) is 1. The molecule has 0 aromatic rings. The molecular weight excluding hydrogens is 299 g/mol. The summed E-state index contributed by atoms with van der Waals surface area (Å²) in [6.45, 7) is 27.4. The van der Waals surface area contributed by atoms with Gasteiger partial charge in [-0.1, -0.05) is 83.1 Å². The zero-order valence-corrected chi connectivity index (χ0v) is 19.1. The molecule has 0 heterocycles. The van der Waals surface area contributed by atoms with Crippen molar-refractivity contribution in [2.24, 2.45) is 34.0 Å². The molecule has 0 aliphatic heterocycles. The maximum Gasteiger partial charge on any atom is 0.0893 e. The maximum atomic E-state index is 14.2. The van der Waals surface area contributed by atoms with Gasteiger partial charge >= 0.3 is 0 Å². The quantitative estimate of drug-likeness (QED) is 0.398. The van der Waals surface area contributed by atoms with Crippen molar-refractivity contribution in [3.05, 3.63) is 0 Å². The van der Waals surface area contributed by atoms with Gasteiger partial charge in [-0.25, -0.2) is 0 Å². The van der Waals surface area contributed by atoms with Gasteiger partial charge in [-0.3, -0.25) is 0 Å². The first kappa shape index (κ1) is 23.2. The predicted molar refractivity (Wildman–Crippen MR) is 108 cm³/mol. The van der Waals surface area contributed by atoms with Crippen LogP contribution in [-0.2, 0) is 4.57 Å². The Bertz CT molecular complexity index is 352. The fourth-order valence-corrected chi connectivity index (χ4v) is 8.83. The molecule has 0 aliphatic carbocycles. The van der Waals surface area contributed by atoms with Crippen LogP contribution in [0.15, 0.2) is 0 Å². The fraction of sp³-hybridized carbons (Fsp3) is 1.00. The Morgan fingerprint density at radius 1 is 0.565 bits per heavy atom. The van der Waals surface area contributed by atoms with E-state index >= 15 is 0 Å². The first-order valence-electron chi connectivity index (χ1n) is 9.52. The van der Waals surface area contributed by atoms with Crippen molar-refractivity contribution in [3.8, 4) is 0 Å². The highest BCUT2D eigenvalue weighted by Crippen LogP contribution is 2.60. The number of rotatable bonds is 9. The monoisotopic (exact) mass is 344 g/mol. The lowest BCUT2D eigenvalue weighted by Gasteiger charge is -2.42. The van der Waals surface area contributed by atoms with Crippen molar-refractivity contribution >= 4 is 7.14 Å². The van der Waals surface area contributed by atoms with Crippen molar-refractivity contribution in [2.45, 2.75) is 83.1 Å². The number of hydrogen-bond donors (Lipinski definition) is 0. The van der Waals surface area contributed by atoms with Crippen LogP contribution in [0.3, 0.4) is 0 Å². The Morgan fingerprint density at radius 3 is 0.870 bits per heavy atom. The zero-order valence-electron chi connectivity index (χ0n) is 18.2. The molecular formula is C21H45OP. The summed E-state index contributed by atoms with van der Waals surface area (Å²) in [6, 6.07) is 0. The minimum Gasteiger partial charge on any atom is -0.323 e. The second-order valence-electron chi connectivity index (χ2n) is 11.0. The van der Waals surface area contributed by atoms with Crippen LogP contribution >= 0.6 is 7.14 Å². The SMILES string of the molecule is CC(C)C(C)(C)CP(=O)(CC(C)(C)C(C)C)CC(C)(C)C(C)C. The Kier molecular flexibility index (Phi) is 7.71. The molecule has 0 aromatic carbocycles. The van der Waals surface area contributed by atoms with Gasteiger partial charge in [-0.05, 0) is 34.0 Å². The molecule has 0 fully saturated rings. The van der Waals surface area contributed by atoms with Gasteiger partial charge in [0.1, 0.15) is 0 Å². The molecule has 0 atom stereocenters. The Labute approximate surface area is 147 Å². The third kappa shape index (κ3) is 6.93. The molecule has 0 bridgehead atoms. The highest BCUT2D eigenvalue weighted by Gasteiger charge is 2.42. The van der Waals surface area contributed by atoms with Crippen LogP contribution in [0.25, 0.3) is 0 Å². The molecule has 0 aliphatic rings. The molecule has 0 aromatic heterocycles. The molecule has 0 saturated carbocycles. The lowest BCUT2D eigenvalue weighted by atomic mass is 9.82. The molecule has 1 nitrogen and oxygen atoms in total. The summed E-state index contributed by atoms with van der Waals surface area (Å²) < 4.78 is 14.2. The molecule has 0 spiro atoms. The minimum absolute atomic E-state index is 0.135. The van der Waals surface area contributed by atoms with E-state index < -0.39 is 7.14 Å². The Balaban J connectivity index is 5.67. The van der Waals surface area contributed by atoms with E-state index in [-0.39, 0.29) is 16.2 Å². The van der Waals surface area contributed by atoms with Crippen LogP contribution in [0, 0.1) is 34.0 Å². The average Bonchev–Trinajstić information content (AvgIpc) is 2.24. The average molecular weight is 345 g/mol. The van der Waals surface area contributed by atoms with Gasteiger partial charge in [-0.2, -0.15) is 0 Å². The third-order valence-corrected chi connectivity index (χ3v) is 10.9. The van der Waals surface area contributed by atoms with E-state index in [2.05, 4.69) is 83.1 Å². The second-order valence-corrected chi connectivity index (χ2v) is 14.0. The van der Waals surface area contributed by atoms with E-state index in [4.69, 9.17) is 0 Å². The van der Waals surface area contributed by atoms with Crippen molar-refractivity contribution in [1.29, 1.82) is 0 Å². The highest BCUT2D eigenvalue weighted by atomic mass is 31.2. The van der Waals surface area contributed by atoms with Crippen LogP contribution in [0.1, 0.15) is 83.1 Å². The van der Waals surface area contributed by atoms with Crippen molar-refractivity contribution in [1.82, 2.24) is 0 Å². The molecule has 140 valence electrons. The molecule has 0 saturated heterocycles. The predicted octanol–water partition coefficient (Wildman–Crippen LogP) is 7.40. The van der Waals surface area contributed by atoms with Crippen LogP contribution < -0.4 is 0 Å². The second kappa shape index (κ2) is 7.63. The first-order valence-corrected chi connectivity index (χ1v) is 11.8. The van der Waals surface area contributed by atoms with E-state index in [1.807, 2.05) is 0 Å². The van der Waals surface area contributed by atoms with E-state index in [0.717, 1.165) is 18.5 Å². The standard InChI is InChI=1S/C21H45OP/c1-16(2)19(7,8)13-23(22,14-20(9,10)17(3)4)15-21(11,12)18(5)6/h16-18H,13-15H2,1-12H3. The maximum absolute atomic E-state index is 14.2. The van der Waals surface area contributed by atoms with Crippen molar-refractivity contribution in [2.75, 3.05) is 18.5 Å². The Hall–Kier alpha value is 0.230. The van der Waals surface area contributed by atoms with Gasteiger partial charge in [-0.15, -0.1) is 0 Å². The molecule has 0 N–H and O–H groups in total. The summed E-state index contributed by atoms with van der Waals surface area (Å²) in [5.41, 5.74) is 0.404. The molecule has 2 heteroatoms. The smallest absolute Gasteiger partial charge is 0.0893 e. The van der Waals surface area contributed by atoms with E-state index in [0.29, 0.717) is 17.8 Å². The van der Waals surface area contributed by atoms with Crippen LogP contribution in [0.2, 0.25) is 0 Å². The van der Waals surface area contributed by atoms with E-state index in [1.54, 1.807) is 0 Å². The van der Waals surface area contributed by atoms with E-state index in [1.165, 1.54) is 0 Å². The normalized spacial score (nSPS) is 15.1. The third-order valence-electron chi connectivity index (χ3n) is 6.78. The van der Waals surface area contributed by atoms with Gasteiger partial charge < -0.3 is 4.57 Å². The lowest BCUT2D eigenvalue weighted by molar-refractivity contribution is 0.257. The van der Waals surface area contributed by atoms with Crippen molar-refractivity contribution < 1.29 is 4.57 Å². The summed E-state index contributed by atoms with van der Waals surface area (Å²) in [7, 11) is -2.25. The molecule has 0 unspecified atom stereocenters. The lowest BCUT2D eigenvalue weighted by Crippen LogP contribution is -2.34. The summed E-state index contributed by atoms with van der Waals surface area (Å²) in [5, 5.41) is 0. The Morgan fingerprint density at radius 2 is 0.739 bits per heavy atom.